The lowest BCUT2D eigenvalue weighted by Gasteiger charge is -2.43. The molecule has 0 amide bonds. The van der Waals surface area contributed by atoms with Crippen molar-refractivity contribution in [2.24, 2.45) is 0 Å². The minimum Gasteiger partial charge on any atom is -0.395 e. The largest absolute Gasteiger partial charge is 0.395 e. The van der Waals surface area contributed by atoms with Crippen LogP contribution in [-0.4, -0.2) is 76.0 Å². The molecule has 6 nitrogen and oxygen atoms in total. The minimum atomic E-state index is -1.20. The first-order valence-electron chi connectivity index (χ1n) is 10.7. The van der Waals surface area contributed by atoms with Crippen LogP contribution in [0.2, 0.25) is 0 Å². The average molecular weight is 416 g/mol. The first kappa shape index (κ1) is 22.9. The van der Waals surface area contributed by atoms with Gasteiger partial charge in [0.1, 0.15) is 12.2 Å². The lowest BCUT2D eigenvalue weighted by atomic mass is 9.94. The number of nitrogens with zero attached hydrogens (tertiary/aromatic N) is 1. The van der Waals surface area contributed by atoms with Crippen molar-refractivity contribution in [3.63, 3.8) is 0 Å². The van der Waals surface area contributed by atoms with Crippen LogP contribution in [-0.2, 0) is 11.3 Å². The summed E-state index contributed by atoms with van der Waals surface area (Å²) in [6, 6.07) is 18.1. The maximum Gasteiger partial charge on any atom is 0.109 e. The first-order chi connectivity index (χ1) is 14.6. The number of piperidine rings is 1. The van der Waals surface area contributed by atoms with Crippen LogP contribution in [0.5, 0.6) is 0 Å². The van der Waals surface area contributed by atoms with E-state index in [0.29, 0.717) is 19.8 Å². The molecule has 1 heterocycles. The summed E-state index contributed by atoms with van der Waals surface area (Å²) in [6.45, 7) is 1.93. The van der Waals surface area contributed by atoms with Crippen molar-refractivity contribution in [2.45, 2.75) is 50.2 Å². The van der Waals surface area contributed by atoms with Gasteiger partial charge in [-0.3, -0.25) is 4.90 Å². The molecule has 1 unspecified atom stereocenters. The molecule has 0 saturated carbocycles. The highest BCUT2D eigenvalue weighted by Gasteiger charge is 2.40. The van der Waals surface area contributed by atoms with Crippen molar-refractivity contribution in [2.75, 3.05) is 26.3 Å². The summed E-state index contributed by atoms with van der Waals surface area (Å²) in [5.74, 6) is 0. The van der Waals surface area contributed by atoms with Crippen molar-refractivity contribution < 1.29 is 25.2 Å². The highest BCUT2D eigenvalue weighted by atomic mass is 16.5. The van der Waals surface area contributed by atoms with E-state index in [1.807, 2.05) is 23.1 Å². The SMILES string of the molecule is OC[C@@H]1[C@@H](O)C(O)[C@@H](O)CN1CCCCCOCc1cccc(-c2ccccc2)c1. The lowest BCUT2D eigenvalue weighted by Crippen LogP contribution is -2.62. The Morgan fingerprint density at radius 3 is 2.40 bits per heavy atom. The van der Waals surface area contributed by atoms with E-state index >= 15 is 0 Å². The van der Waals surface area contributed by atoms with Gasteiger partial charge in [-0.2, -0.15) is 0 Å². The third-order valence-corrected chi connectivity index (χ3v) is 5.75. The molecule has 30 heavy (non-hydrogen) atoms. The number of unbranched alkanes of at least 4 members (excludes halogenated alkanes) is 2. The van der Waals surface area contributed by atoms with Crippen molar-refractivity contribution in [1.82, 2.24) is 4.90 Å². The topological polar surface area (TPSA) is 93.4 Å². The number of rotatable bonds is 10. The molecular formula is C24H33NO5. The molecule has 3 rings (SSSR count). The number of ether oxygens (including phenoxy) is 1. The van der Waals surface area contributed by atoms with E-state index in [1.54, 1.807) is 0 Å². The van der Waals surface area contributed by atoms with Gasteiger partial charge in [-0.1, -0.05) is 48.5 Å². The van der Waals surface area contributed by atoms with Crippen LogP contribution in [0.4, 0.5) is 0 Å². The van der Waals surface area contributed by atoms with E-state index in [4.69, 9.17) is 4.74 Å². The summed E-state index contributed by atoms with van der Waals surface area (Å²) in [7, 11) is 0. The van der Waals surface area contributed by atoms with Gasteiger partial charge in [-0.15, -0.1) is 0 Å². The van der Waals surface area contributed by atoms with Crippen LogP contribution in [0.1, 0.15) is 24.8 Å². The predicted molar refractivity (Wildman–Crippen MR) is 116 cm³/mol. The average Bonchev–Trinajstić information content (AvgIpc) is 2.78. The van der Waals surface area contributed by atoms with E-state index in [-0.39, 0.29) is 13.2 Å². The molecule has 0 aromatic heterocycles. The number of likely N-dealkylation sites (tertiary alicyclic amines) is 1. The zero-order chi connectivity index (χ0) is 21.3. The van der Waals surface area contributed by atoms with Crippen molar-refractivity contribution in [1.29, 1.82) is 0 Å². The Morgan fingerprint density at radius 1 is 0.867 bits per heavy atom. The Labute approximate surface area is 178 Å². The number of β-amino-alcohol motifs (C(OH)–C–C–N with tert-alkyl or cyclic N) is 1. The molecule has 1 saturated heterocycles. The quantitative estimate of drug-likeness (QED) is 0.442. The van der Waals surface area contributed by atoms with E-state index < -0.39 is 24.4 Å². The van der Waals surface area contributed by atoms with Crippen LogP contribution in [0.15, 0.2) is 54.6 Å². The summed E-state index contributed by atoms with van der Waals surface area (Å²) in [5.41, 5.74) is 3.53. The van der Waals surface area contributed by atoms with Crippen LogP contribution in [0.25, 0.3) is 11.1 Å². The fourth-order valence-corrected chi connectivity index (χ4v) is 3.99. The second kappa shape index (κ2) is 11.6. The highest BCUT2D eigenvalue weighted by Crippen LogP contribution is 2.21. The van der Waals surface area contributed by atoms with E-state index in [1.165, 1.54) is 11.1 Å². The molecule has 2 aromatic rings. The van der Waals surface area contributed by atoms with Gasteiger partial charge in [0.2, 0.25) is 0 Å². The maximum atomic E-state index is 10.0. The number of benzene rings is 2. The second-order valence-corrected chi connectivity index (χ2v) is 7.97. The molecule has 0 spiro atoms. The monoisotopic (exact) mass is 415 g/mol. The van der Waals surface area contributed by atoms with Gasteiger partial charge in [-0.05, 0) is 48.6 Å². The van der Waals surface area contributed by atoms with Gasteiger partial charge in [-0.25, -0.2) is 0 Å². The molecule has 0 bridgehead atoms. The van der Waals surface area contributed by atoms with Gasteiger partial charge in [0.15, 0.2) is 0 Å². The molecule has 1 aliphatic rings. The molecule has 0 radical (unpaired) electrons. The van der Waals surface area contributed by atoms with Gasteiger partial charge in [0, 0.05) is 13.2 Å². The Kier molecular flexibility index (Phi) is 8.81. The Bertz CT molecular complexity index is 756. The zero-order valence-corrected chi connectivity index (χ0v) is 17.3. The van der Waals surface area contributed by atoms with Gasteiger partial charge < -0.3 is 25.2 Å². The summed E-state index contributed by atoms with van der Waals surface area (Å²) in [6.07, 6.45) is -0.575. The second-order valence-electron chi connectivity index (χ2n) is 7.97. The van der Waals surface area contributed by atoms with E-state index in [9.17, 15) is 20.4 Å². The van der Waals surface area contributed by atoms with Crippen LogP contribution < -0.4 is 0 Å². The summed E-state index contributed by atoms with van der Waals surface area (Å²) >= 11 is 0. The summed E-state index contributed by atoms with van der Waals surface area (Å²) in [4.78, 5) is 1.86. The minimum absolute atomic E-state index is 0.240. The van der Waals surface area contributed by atoms with Crippen molar-refractivity contribution in [3.8, 4) is 11.1 Å². The van der Waals surface area contributed by atoms with Gasteiger partial charge in [0.05, 0.1) is 25.4 Å². The standard InChI is InChI=1S/C24H33NO5/c26-16-21-23(28)24(29)22(27)15-25(21)12-5-2-6-13-30-17-18-8-7-11-20(14-18)19-9-3-1-4-10-19/h1,3-4,7-11,14,21-24,26-29H,2,5-6,12-13,15-17H2/t21-,22+,23-,24?/m1/s1. The molecule has 1 fully saturated rings. The fourth-order valence-electron chi connectivity index (χ4n) is 3.99. The smallest absolute Gasteiger partial charge is 0.109 e. The van der Waals surface area contributed by atoms with Crippen molar-refractivity contribution in [3.05, 3.63) is 60.2 Å². The van der Waals surface area contributed by atoms with Crippen LogP contribution in [0.3, 0.4) is 0 Å². The molecule has 6 heteroatoms. The van der Waals surface area contributed by atoms with E-state index in [2.05, 4.69) is 36.4 Å². The Balaban J connectivity index is 1.34. The number of hydrogen-bond acceptors (Lipinski definition) is 6. The third kappa shape index (κ3) is 6.11. The summed E-state index contributed by atoms with van der Waals surface area (Å²) < 4.78 is 5.83. The predicted octanol–water partition coefficient (Wildman–Crippen LogP) is 1.80. The molecule has 4 atom stereocenters. The molecule has 2 aromatic carbocycles. The van der Waals surface area contributed by atoms with E-state index in [0.717, 1.165) is 24.8 Å². The zero-order valence-electron chi connectivity index (χ0n) is 17.3. The van der Waals surface area contributed by atoms with Crippen LogP contribution in [0, 0.1) is 0 Å². The van der Waals surface area contributed by atoms with Gasteiger partial charge in [0.25, 0.3) is 0 Å². The molecule has 1 aliphatic heterocycles. The maximum absolute atomic E-state index is 10.0. The molecule has 4 N–H and O–H groups in total. The number of aliphatic hydroxyl groups excluding tert-OH is 4. The normalized spacial score (nSPS) is 24.8. The van der Waals surface area contributed by atoms with Crippen molar-refractivity contribution >= 4 is 0 Å². The number of hydrogen-bond donors (Lipinski definition) is 4. The highest BCUT2D eigenvalue weighted by molar-refractivity contribution is 5.63. The summed E-state index contributed by atoms with van der Waals surface area (Å²) in [5, 5.41) is 39.1. The van der Waals surface area contributed by atoms with Crippen LogP contribution >= 0.6 is 0 Å². The number of aliphatic hydroxyl groups is 4. The fraction of sp³-hybridized carbons (Fsp3) is 0.500. The molecular weight excluding hydrogens is 382 g/mol. The molecule has 164 valence electrons. The third-order valence-electron chi connectivity index (χ3n) is 5.75. The molecule has 0 aliphatic carbocycles. The lowest BCUT2D eigenvalue weighted by molar-refractivity contribution is -0.145. The Hall–Kier alpha value is -1.80. The van der Waals surface area contributed by atoms with Gasteiger partial charge >= 0.3 is 0 Å². The Morgan fingerprint density at radius 2 is 1.63 bits per heavy atom. The first-order valence-corrected chi connectivity index (χ1v) is 10.7.